The van der Waals surface area contributed by atoms with Crippen molar-refractivity contribution in [3.63, 3.8) is 0 Å². The van der Waals surface area contributed by atoms with Crippen LogP contribution < -0.4 is 0 Å². The van der Waals surface area contributed by atoms with Crippen LogP contribution in [0.1, 0.15) is 53.0 Å². The molecule has 1 heterocycles. The lowest BCUT2D eigenvalue weighted by Crippen LogP contribution is -2.62. The predicted molar refractivity (Wildman–Crippen MR) is 107 cm³/mol. The van der Waals surface area contributed by atoms with E-state index in [9.17, 15) is 9.59 Å². The number of fused-ring (bicyclic) bond motifs is 1. The van der Waals surface area contributed by atoms with E-state index in [-0.39, 0.29) is 11.9 Å². The number of benzene rings is 1. The zero-order valence-electron chi connectivity index (χ0n) is 17.7. The smallest absolute Gasteiger partial charge is 0.332 e. The van der Waals surface area contributed by atoms with Gasteiger partial charge in [0.2, 0.25) is 0 Å². The monoisotopic (exact) mass is 402 g/mol. The Labute approximate surface area is 171 Å². The summed E-state index contributed by atoms with van der Waals surface area (Å²) in [6.07, 6.45) is 0.516. The fourth-order valence-corrected chi connectivity index (χ4v) is 4.88. The number of esters is 2. The van der Waals surface area contributed by atoms with Gasteiger partial charge in [0.25, 0.3) is 0 Å². The molecule has 1 saturated heterocycles. The van der Waals surface area contributed by atoms with E-state index in [0.29, 0.717) is 0 Å². The summed E-state index contributed by atoms with van der Waals surface area (Å²) in [4.78, 5) is 23.8. The predicted octanol–water partition coefficient (Wildman–Crippen LogP) is 3.27. The highest BCUT2D eigenvalue weighted by Gasteiger charge is 2.60. The van der Waals surface area contributed by atoms with E-state index in [1.807, 2.05) is 44.2 Å². The molecule has 0 bridgehead atoms. The van der Waals surface area contributed by atoms with Gasteiger partial charge in [-0.25, -0.2) is 4.79 Å². The first-order valence-corrected chi connectivity index (χ1v) is 10.1. The molecule has 0 radical (unpaired) electrons. The van der Waals surface area contributed by atoms with E-state index in [4.69, 9.17) is 19.3 Å². The molecule has 1 aliphatic heterocycles. The van der Waals surface area contributed by atoms with Crippen LogP contribution in [0.2, 0.25) is 0 Å². The molecule has 3 rings (SSSR count). The van der Waals surface area contributed by atoms with E-state index < -0.39 is 36.0 Å². The summed E-state index contributed by atoms with van der Waals surface area (Å²) in [5.41, 5.74) is 1.30. The summed E-state index contributed by atoms with van der Waals surface area (Å²) in [6, 6.07) is 9.66. The average molecular weight is 402 g/mol. The van der Waals surface area contributed by atoms with Crippen LogP contribution in [0, 0.1) is 5.92 Å². The van der Waals surface area contributed by atoms with Crippen LogP contribution >= 0.6 is 0 Å². The SMILES string of the molecule is CC(=O)OC1C2=C(C)CCC2C(C)(C(C)OC(=O)CO)OC1(C)c1ccccc1. The summed E-state index contributed by atoms with van der Waals surface area (Å²) >= 11 is 0. The fourth-order valence-electron chi connectivity index (χ4n) is 4.88. The minimum atomic E-state index is -0.959. The molecule has 158 valence electrons. The lowest BCUT2D eigenvalue weighted by Gasteiger charge is -2.55. The van der Waals surface area contributed by atoms with Crippen molar-refractivity contribution in [3.8, 4) is 0 Å². The molecule has 1 fully saturated rings. The van der Waals surface area contributed by atoms with Crippen LogP contribution in [0.25, 0.3) is 0 Å². The van der Waals surface area contributed by atoms with Gasteiger partial charge in [0.1, 0.15) is 23.9 Å². The molecular weight excluding hydrogens is 372 g/mol. The number of ether oxygens (including phenoxy) is 3. The maximum absolute atomic E-state index is 12.0. The van der Waals surface area contributed by atoms with Gasteiger partial charge >= 0.3 is 11.9 Å². The lowest BCUT2D eigenvalue weighted by molar-refractivity contribution is -0.264. The number of aliphatic hydroxyl groups excluding tert-OH is 1. The quantitative estimate of drug-likeness (QED) is 0.601. The van der Waals surface area contributed by atoms with Crippen LogP contribution in [-0.2, 0) is 29.4 Å². The molecule has 0 saturated carbocycles. The number of aliphatic hydroxyl groups is 1. The Morgan fingerprint density at radius 1 is 1.28 bits per heavy atom. The Bertz CT molecular complexity index is 816. The molecule has 1 aromatic rings. The first kappa shape index (κ1) is 21.5. The lowest BCUT2D eigenvalue weighted by atomic mass is 9.69. The molecule has 1 aromatic carbocycles. The molecule has 2 aliphatic rings. The topological polar surface area (TPSA) is 82.1 Å². The van der Waals surface area contributed by atoms with E-state index in [0.717, 1.165) is 24.0 Å². The molecule has 5 unspecified atom stereocenters. The van der Waals surface area contributed by atoms with Gasteiger partial charge in [-0.3, -0.25) is 4.79 Å². The van der Waals surface area contributed by atoms with Crippen LogP contribution in [0.5, 0.6) is 0 Å². The van der Waals surface area contributed by atoms with Crippen molar-refractivity contribution in [2.24, 2.45) is 5.92 Å². The molecule has 0 spiro atoms. The number of carbonyl (C=O) groups excluding carboxylic acids is 2. The van der Waals surface area contributed by atoms with Crippen molar-refractivity contribution >= 4 is 11.9 Å². The number of hydrogen-bond acceptors (Lipinski definition) is 6. The second-order valence-corrected chi connectivity index (χ2v) is 8.37. The van der Waals surface area contributed by atoms with Crippen molar-refractivity contribution in [1.29, 1.82) is 0 Å². The maximum atomic E-state index is 12.0. The van der Waals surface area contributed by atoms with E-state index in [1.165, 1.54) is 12.5 Å². The van der Waals surface area contributed by atoms with Gasteiger partial charge in [0, 0.05) is 12.8 Å². The zero-order valence-corrected chi connectivity index (χ0v) is 17.7. The average Bonchev–Trinajstić information content (AvgIpc) is 3.07. The van der Waals surface area contributed by atoms with Gasteiger partial charge in [-0.1, -0.05) is 35.9 Å². The summed E-state index contributed by atoms with van der Waals surface area (Å²) in [5, 5.41) is 9.14. The third-order valence-corrected chi connectivity index (χ3v) is 6.46. The fraction of sp³-hybridized carbons (Fsp3) is 0.565. The van der Waals surface area contributed by atoms with Crippen molar-refractivity contribution in [2.75, 3.05) is 6.61 Å². The van der Waals surface area contributed by atoms with E-state index in [1.54, 1.807) is 6.92 Å². The Balaban J connectivity index is 2.14. The summed E-state index contributed by atoms with van der Waals surface area (Å²) in [5.74, 6) is -1.12. The molecule has 6 heteroatoms. The largest absolute Gasteiger partial charge is 0.458 e. The second kappa shape index (κ2) is 7.92. The van der Waals surface area contributed by atoms with Crippen molar-refractivity contribution in [3.05, 3.63) is 47.0 Å². The normalized spacial score (nSPS) is 32.5. The van der Waals surface area contributed by atoms with E-state index >= 15 is 0 Å². The Kier molecular flexibility index (Phi) is 5.88. The summed E-state index contributed by atoms with van der Waals surface area (Å²) in [6.45, 7) is 8.44. The van der Waals surface area contributed by atoms with Gasteiger partial charge in [0.05, 0.1) is 0 Å². The number of hydrogen-bond donors (Lipinski definition) is 1. The molecule has 1 aliphatic carbocycles. The Morgan fingerprint density at radius 3 is 2.52 bits per heavy atom. The molecule has 0 aromatic heterocycles. The number of carbonyl (C=O) groups is 2. The third kappa shape index (κ3) is 3.71. The van der Waals surface area contributed by atoms with Crippen LogP contribution in [0.4, 0.5) is 0 Å². The van der Waals surface area contributed by atoms with Crippen LogP contribution in [-0.4, -0.2) is 41.5 Å². The first-order valence-electron chi connectivity index (χ1n) is 10.1. The summed E-state index contributed by atoms with van der Waals surface area (Å²) in [7, 11) is 0. The Hall–Kier alpha value is -2.18. The highest BCUT2D eigenvalue weighted by Crippen LogP contribution is 2.56. The van der Waals surface area contributed by atoms with Crippen molar-refractivity contribution in [1.82, 2.24) is 0 Å². The molecular formula is C23H30O6. The van der Waals surface area contributed by atoms with Gasteiger partial charge in [0.15, 0.2) is 6.10 Å². The highest BCUT2D eigenvalue weighted by atomic mass is 16.6. The third-order valence-electron chi connectivity index (χ3n) is 6.46. The number of rotatable bonds is 5. The molecule has 1 N–H and O–H groups in total. The van der Waals surface area contributed by atoms with Crippen LogP contribution in [0.3, 0.4) is 0 Å². The van der Waals surface area contributed by atoms with Gasteiger partial charge < -0.3 is 19.3 Å². The minimum absolute atomic E-state index is 0.0647. The van der Waals surface area contributed by atoms with Gasteiger partial charge in [-0.05, 0) is 51.7 Å². The first-order chi connectivity index (χ1) is 13.6. The van der Waals surface area contributed by atoms with E-state index in [2.05, 4.69) is 6.92 Å². The Morgan fingerprint density at radius 2 is 1.93 bits per heavy atom. The summed E-state index contributed by atoms with van der Waals surface area (Å²) < 4.78 is 18.1. The van der Waals surface area contributed by atoms with Gasteiger partial charge in [-0.2, -0.15) is 0 Å². The highest BCUT2D eigenvalue weighted by molar-refractivity contribution is 5.70. The number of allylic oxidation sites excluding steroid dienone is 1. The van der Waals surface area contributed by atoms with Crippen LogP contribution in [0.15, 0.2) is 41.5 Å². The maximum Gasteiger partial charge on any atom is 0.332 e. The molecule has 0 amide bonds. The zero-order chi connectivity index (χ0) is 21.4. The second-order valence-electron chi connectivity index (χ2n) is 8.37. The van der Waals surface area contributed by atoms with Gasteiger partial charge in [-0.15, -0.1) is 0 Å². The minimum Gasteiger partial charge on any atom is -0.458 e. The van der Waals surface area contributed by atoms with Crippen molar-refractivity contribution < 1.29 is 28.9 Å². The molecule has 5 atom stereocenters. The molecule has 6 nitrogen and oxygen atoms in total. The van der Waals surface area contributed by atoms with Crippen molar-refractivity contribution in [2.45, 2.75) is 70.9 Å². The molecule has 29 heavy (non-hydrogen) atoms. The standard InChI is InChI=1S/C23H30O6/c1-14-11-12-18-20(14)21(28-16(3)25)23(5,17-9-7-6-8-10-17)29-22(18,4)15(2)27-19(26)13-24/h6-10,15,18,21,24H,11-13H2,1-5H3.